The minimum atomic E-state index is -1.23. The maximum absolute atomic E-state index is 13.6. The summed E-state index contributed by atoms with van der Waals surface area (Å²) in [6.07, 6.45) is 1.23. The van der Waals surface area contributed by atoms with Gasteiger partial charge in [0.15, 0.2) is 6.04 Å². The zero-order chi connectivity index (χ0) is 15.0. The van der Waals surface area contributed by atoms with Gasteiger partial charge < -0.3 is 10.4 Å². The Morgan fingerprint density at radius 3 is 2.70 bits per heavy atom. The van der Waals surface area contributed by atoms with E-state index in [4.69, 9.17) is 11.6 Å². The molecule has 0 saturated carbocycles. The Morgan fingerprint density at radius 1 is 1.50 bits per heavy atom. The topological polar surface area (TPSA) is 69.4 Å². The second-order valence-corrected chi connectivity index (χ2v) is 5.17. The highest BCUT2D eigenvalue weighted by atomic mass is 35.5. The molecule has 7 heteroatoms. The van der Waals surface area contributed by atoms with Crippen LogP contribution in [0.3, 0.4) is 0 Å². The minimum Gasteiger partial charge on any atom is -0.478 e. The van der Waals surface area contributed by atoms with Crippen molar-refractivity contribution in [2.45, 2.75) is 25.9 Å². The van der Waals surface area contributed by atoms with Crippen LogP contribution in [-0.4, -0.2) is 21.9 Å². The van der Waals surface area contributed by atoms with Crippen molar-refractivity contribution in [3.8, 4) is 0 Å². The van der Waals surface area contributed by atoms with Gasteiger partial charge in [-0.15, -0.1) is 0 Å². The van der Waals surface area contributed by atoms with E-state index >= 15 is 0 Å². The van der Waals surface area contributed by atoms with Crippen molar-refractivity contribution in [1.82, 2.24) is 0 Å². The molecule has 20 heavy (non-hydrogen) atoms. The van der Waals surface area contributed by atoms with E-state index in [0.717, 1.165) is 6.07 Å². The molecule has 1 aliphatic heterocycles. The minimum absolute atomic E-state index is 0.0934. The molecule has 0 aromatic heterocycles. The summed E-state index contributed by atoms with van der Waals surface area (Å²) < 4.78 is 14.3. The zero-order valence-electron chi connectivity index (χ0n) is 10.9. The molecular weight excluding hydrogens is 287 g/mol. The molecule has 0 saturated heterocycles. The van der Waals surface area contributed by atoms with E-state index < -0.39 is 23.9 Å². The molecule has 1 atom stereocenters. The highest BCUT2D eigenvalue weighted by molar-refractivity contribution is 6.31. The van der Waals surface area contributed by atoms with E-state index in [2.05, 4.69) is 5.32 Å². The first-order valence-corrected chi connectivity index (χ1v) is 6.35. The monoisotopic (exact) mass is 299 g/mol. The predicted octanol–water partition coefficient (Wildman–Crippen LogP) is 3.10. The van der Waals surface area contributed by atoms with Crippen molar-refractivity contribution in [2.24, 2.45) is 0 Å². The number of hydrogen-bond acceptors (Lipinski definition) is 3. The van der Waals surface area contributed by atoms with Gasteiger partial charge in [0, 0.05) is 29.7 Å². The van der Waals surface area contributed by atoms with Crippen molar-refractivity contribution in [3.63, 3.8) is 0 Å². The van der Waals surface area contributed by atoms with Gasteiger partial charge in [-0.1, -0.05) is 11.6 Å². The standard InChI is InChI=1S/C13H12ClFN2O3/c1-6(2)17(20)12-7-3-10(15)9(14)4-11(7)16-5-8(12)13(18)19/h3-6,12,16H,1-2H3/p+1. The number of anilines is 1. The van der Waals surface area contributed by atoms with E-state index in [1.54, 1.807) is 13.8 Å². The number of nitrogens with one attached hydrogen (secondary N) is 1. The molecule has 2 rings (SSSR count). The Hall–Kier alpha value is -1.95. The quantitative estimate of drug-likeness (QED) is 0.842. The first-order chi connectivity index (χ1) is 9.32. The number of carboxylic acids is 1. The Morgan fingerprint density at radius 2 is 2.15 bits per heavy atom. The first kappa shape index (κ1) is 14.5. The van der Waals surface area contributed by atoms with Crippen LogP contribution in [0.5, 0.6) is 0 Å². The second kappa shape index (κ2) is 5.20. The van der Waals surface area contributed by atoms with E-state index in [9.17, 15) is 19.2 Å². The molecule has 1 unspecified atom stereocenters. The van der Waals surface area contributed by atoms with Crippen LogP contribution in [0, 0.1) is 10.7 Å². The van der Waals surface area contributed by atoms with Gasteiger partial charge in [-0.2, -0.15) is 0 Å². The van der Waals surface area contributed by atoms with Crippen LogP contribution in [0.1, 0.15) is 25.5 Å². The summed E-state index contributed by atoms with van der Waals surface area (Å²) in [5.74, 6) is -1.92. The summed E-state index contributed by atoms with van der Waals surface area (Å²) >= 11 is 5.69. The number of nitrogens with zero attached hydrogens (tertiary/aromatic N) is 1. The highest BCUT2D eigenvalue weighted by Crippen LogP contribution is 2.38. The van der Waals surface area contributed by atoms with Crippen molar-refractivity contribution in [1.29, 1.82) is 0 Å². The summed E-state index contributed by atoms with van der Waals surface area (Å²) in [7, 11) is 0. The summed E-state index contributed by atoms with van der Waals surface area (Å²) in [5.41, 5.74) is 0.548. The Kier molecular flexibility index (Phi) is 3.76. The van der Waals surface area contributed by atoms with Gasteiger partial charge in [0.05, 0.1) is 16.3 Å². The average molecular weight is 300 g/mol. The van der Waals surface area contributed by atoms with Crippen LogP contribution in [-0.2, 0) is 4.79 Å². The summed E-state index contributed by atoms with van der Waals surface area (Å²) in [6.45, 7) is 3.28. The van der Waals surface area contributed by atoms with Gasteiger partial charge in [0.2, 0.25) is 0 Å². The molecule has 1 aliphatic rings. The van der Waals surface area contributed by atoms with Gasteiger partial charge in [-0.3, -0.25) is 0 Å². The molecule has 5 nitrogen and oxygen atoms in total. The van der Waals surface area contributed by atoms with Crippen molar-refractivity contribution >= 4 is 23.3 Å². The Bertz CT molecular complexity index is 628. The van der Waals surface area contributed by atoms with Crippen LogP contribution in [0.4, 0.5) is 10.1 Å². The maximum Gasteiger partial charge on any atom is 0.340 e. The van der Waals surface area contributed by atoms with Crippen LogP contribution in [0.15, 0.2) is 23.9 Å². The molecule has 0 fully saturated rings. The molecule has 0 aliphatic carbocycles. The van der Waals surface area contributed by atoms with Crippen LogP contribution in [0.25, 0.3) is 0 Å². The lowest BCUT2D eigenvalue weighted by Crippen LogP contribution is -2.30. The van der Waals surface area contributed by atoms with E-state index in [1.165, 1.54) is 12.3 Å². The third kappa shape index (κ3) is 2.38. The number of nitroso groups, excluding NO2 is 1. The van der Waals surface area contributed by atoms with Gasteiger partial charge in [-0.25, -0.2) is 9.18 Å². The van der Waals surface area contributed by atoms with E-state index in [0.29, 0.717) is 10.4 Å². The number of fused-ring (bicyclic) bond motifs is 1. The molecule has 2 N–H and O–H groups in total. The molecule has 1 heterocycles. The number of halogens is 2. The molecule has 0 spiro atoms. The SMILES string of the molecule is CC(C)[N+](=O)C1C(C(=O)O)=CNc2cc(Cl)c(F)cc21. The lowest BCUT2D eigenvalue weighted by atomic mass is 9.94. The number of hydrogen-bond donors (Lipinski definition) is 2. The van der Waals surface area contributed by atoms with Gasteiger partial charge in [0.25, 0.3) is 6.04 Å². The Balaban J connectivity index is 2.61. The zero-order valence-corrected chi connectivity index (χ0v) is 11.6. The molecule has 0 amide bonds. The van der Waals surface area contributed by atoms with Crippen molar-refractivity contribution in [2.75, 3.05) is 5.32 Å². The second-order valence-electron chi connectivity index (χ2n) is 4.76. The fourth-order valence-electron chi connectivity index (χ4n) is 2.07. The fraction of sp³-hybridized carbons (Fsp3) is 0.308. The number of carboxylic acid groups (broad SMARTS) is 1. The largest absolute Gasteiger partial charge is 0.478 e. The number of carbonyl (C=O) groups is 1. The predicted molar refractivity (Wildman–Crippen MR) is 72.3 cm³/mol. The van der Waals surface area contributed by atoms with Gasteiger partial charge in [-0.05, 0) is 12.1 Å². The normalized spacial score (nSPS) is 17.2. The Labute approximate surface area is 119 Å². The number of rotatable bonds is 3. The van der Waals surface area contributed by atoms with Crippen LogP contribution < -0.4 is 5.32 Å². The molecule has 0 bridgehead atoms. The number of benzene rings is 1. The molecule has 0 radical (unpaired) electrons. The summed E-state index contributed by atoms with van der Waals surface area (Å²) in [6, 6.07) is 0.907. The first-order valence-electron chi connectivity index (χ1n) is 5.97. The van der Waals surface area contributed by atoms with Crippen molar-refractivity contribution < 1.29 is 19.1 Å². The van der Waals surface area contributed by atoms with Crippen LogP contribution in [0.2, 0.25) is 5.02 Å². The lowest BCUT2D eigenvalue weighted by molar-refractivity contribution is -0.611. The molecular formula is C13H13ClFN2O3+. The van der Waals surface area contributed by atoms with Gasteiger partial charge in [0.1, 0.15) is 11.4 Å². The number of aliphatic carboxylic acids is 1. The maximum atomic E-state index is 13.6. The summed E-state index contributed by atoms with van der Waals surface area (Å²) in [5, 5.41) is 11.8. The van der Waals surface area contributed by atoms with Crippen LogP contribution >= 0.6 is 11.6 Å². The fourth-order valence-corrected chi connectivity index (χ4v) is 2.23. The van der Waals surface area contributed by atoms with E-state index in [1.807, 2.05) is 0 Å². The molecule has 106 valence electrons. The van der Waals surface area contributed by atoms with E-state index in [-0.39, 0.29) is 16.2 Å². The third-order valence-electron chi connectivity index (χ3n) is 3.08. The smallest absolute Gasteiger partial charge is 0.340 e. The third-order valence-corrected chi connectivity index (χ3v) is 3.36. The van der Waals surface area contributed by atoms with Crippen molar-refractivity contribution in [3.05, 3.63) is 45.2 Å². The molecule has 1 aromatic carbocycles. The average Bonchev–Trinajstić information content (AvgIpc) is 2.37. The lowest BCUT2D eigenvalue weighted by Gasteiger charge is -2.21. The van der Waals surface area contributed by atoms with Gasteiger partial charge >= 0.3 is 5.97 Å². The summed E-state index contributed by atoms with van der Waals surface area (Å²) in [4.78, 5) is 23.5. The highest BCUT2D eigenvalue weighted by Gasteiger charge is 2.41. The molecule has 1 aromatic rings.